The van der Waals surface area contributed by atoms with E-state index in [-0.39, 0.29) is 5.54 Å². The zero-order valence-corrected chi connectivity index (χ0v) is 11.9. The Morgan fingerprint density at radius 2 is 1.90 bits per heavy atom. The molecule has 1 N–H and O–H groups in total. The lowest BCUT2D eigenvalue weighted by molar-refractivity contribution is 0.250. The van der Waals surface area contributed by atoms with E-state index in [1.54, 1.807) is 4.68 Å². The maximum absolute atomic E-state index is 4.15. The molecule has 1 saturated carbocycles. The van der Waals surface area contributed by atoms with Gasteiger partial charge in [0.1, 0.15) is 0 Å². The van der Waals surface area contributed by atoms with E-state index in [0.29, 0.717) is 6.54 Å². The lowest BCUT2D eigenvalue weighted by Gasteiger charge is -2.34. The maximum Gasteiger partial charge on any atom is 0.170 e. The molecule has 106 valence electrons. The number of hydrogen-bond donors (Lipinski definition) is 1. The fourth-order valence-electron chi connectivity index (χ4n) is 2.89. The van der Waals surface area contributed by atoms with Crippen molar-refractivity contribution in [3.05, 3.63) is 36.2 Å². The lowest BCUT2D eigenvalue weighted by Crippen LogP contribution is -2.43. The molecule has 1 heterocycles. The lowest BCUT2D eigenvalue weighted by atomic mass is 9.83. The monoisotopic (exact) mass is 271 g/mol. The van der Waals surface area contributed by atoms with Crippen molar-refractivity contribution in [2.45, 2.75) is 51.1 Å². The van der Waals surface area contributed by atoms with Gasteiger partial charge in [-0.3, -0.25) is 0 Å². The minimum Gasteiger partial charge on any atom is -0.304 e. The Bertz CT molecular complexity index is 542. The molecule has 0 aliphatic heterocycles. The van der Waals surface area contributed by atoms with Crippen molar-refractivity contribution >= 4 is 0 Å². The number of nitrogens with zero attached hydrogens (tertiary/aromatic N) is 4. The van der Waals surface area contributed by atoms with Crippen molar-refractivity contribution in [1.82, 2.24) is 25.5 Å². The molecule has 2 aromatic rings. The third-order valence-corrected chi connectivity index (χ3v) is 4.17. The maximum atomic E-state index is 4.15. The molecule has 1 aromatic heterocycles. The fourth-order valence-corrected chi connectivity index (χ4v) is 2.89. The minimum absolute atomic E-state index is 0.228. The van der Waals surface area contributed by atoms with Crippen molar-refractivity contribution < 1.29 is 0 Å². The van der Waals surface area contributed by atoms with Crippen LogP contribution < -0.4 is 5.32 Å². The first-order valence-electron chi connectivity index (χ1n) is 7.35. The second-order valence-corrected chi connectivity index (χ2v) is 5.82. The third-order valence-electron chi connectivity index (χ3n) is 4.17. The van der Waals surface area contributed by atoms with E-state index in [9.17, 15) is 0 Å². The van der Waals surface area contributed by atoms with E-state index in [0.717, 1.165) is 11.5 Å². The van der Waals surface area contributed by atoms with Crippen LogP contribution in [0.1, 0.15) is 44.9 Å². The van der Waals surface area contributed by atoms with Gasteiger partial charge in [-0.2, -0.15) is 4.68 Å². The predicted molar refractivity (Wildman–Crippen MR) is 77.5 cm³/mol. The molecule has 0 saturated heterocycles. The van der Waals surface area contributed by atoms with Gasteiger partial charge in [0, 0.05) is 5.54 Å². The molecule has 1 aliphatic rings. The van der Waals surface area contributed by atoms with E-state index < -0.39 is 0 Å². The Kier molecular flexibility index (Phi) is 3.78. The summed E-state index contributed by atoms with van der Waals surface area (Å²) in [6, 6.07) is 10.0. The van der Waals surface area contributed by atoms with E-state index >= 15 is 0 Å². The van der Waals surface area contributed by atoms with Crippen molar-refractivity contribution in [3.8, 4) is 5.69 Å². The first-order valence-corrected chi connectivity index (χ1v) is 7.35. The molecular formula is C15H21N5. The van der Waals surface area contributed by atoms with Crippen LogP contribution >= 0.6 is 0 Å². The third kappa shape index (κ3) is 2.88. The summed E-state index contributed by atoms with van der Waals surface area (Å²) < 4.78 is 1.80. The van der Waals surface area contributed by atoms with Crippen molar-refractivity contribution in [2.75, 3.05) is 0 Å². The van der Waals surface area contributed by atoms with Gasteiger partial charge in [-0.15, -0.1) is 5.10 Å². The molecule has 0 unspecified atom stereocenters. The second kappa shape index (κ2) is 5.71. The molecule has 1 aliphatic carbocycles. The van der Waals surface area contributed by atoms with Crippen LogP contribution in [0.3, 0.4) is 0 Å². The molecule has 0 spiro atoms. The summed E-state index contributed by atoms with van der Waals surface area (Å²) in [5.41, 5.74) is 1.23. The molecule has 0 bridgehead atoms. The highest BCUT2D eigenvalue weighted by Crippen LogP contribution is 2.27. The minimum atomic E-state index is 0.228. The van der Waals surface area contributed by atoms with E-state index in [4.69, 9.17) is 0 Å². The second-order valence-electron chi connectivity index (χ2n) is 5.82. The molecule has 5 nitrogen and oxygen atoms in total. The highest BCUT2D eigenvalue weighted by molar-refractivity contribution is 5.30. The average molecular weight is 271 g/mol. The molecule has 0 amide bonds. The van der Waals surface area contributed by atoms with Crippen LogP contribution in [0.4, 0.5) is 0 Å². The zero-order chi connectivity index (χ0) is 13.8. The van der Waals surface area contributed by atoms with Gasteiger partial charge >= 0.3 is 0 Å². The first kappa shape index (κ1) is 13.2. The van der Waals surface area contributed by atoms with Gasteiger partial charge in [-0.1, -0.05) is 37.5 Å². The highest BCUT2D eigenvalue weighted by Gasteiger charge is 2.26. The van der Waals surface area contributed by atoms with Crippen LogP contribution in [-0.2, 0) is 6.54 Å². The molecule has 5 heteroatoms. The quantitative estimate of drug-likeness (QED) is 0.928. The van der Waals surface area contributed by atoms with Gasteiger partial charge in [0.2, 0.25) is 0 Å². The van der Waals surface area contributed by atoms with Gasteiger partial charge in [0.25, 0.3) is 0 Å². The van der Waals surface area contributed by atoms with Crippen molar-refractivity contribution in [2.24, 2.45) is 0 Å². The largest absolute Gasteiger partial charge is 0.304 e. The van der Waals surface area contributed by atoms with E-state index in [2.05, 4.69) is 27.8 Å². The fraction of sp³-hybridized carbons (Fsp3) is 0.533. The molecule has 0 radical (unpaired) electrons. The molecular weight excluding hydrogens is 250 g/mol. The van der Waals surface area contributed by atoms with Gasteiger partial charge in [0.15, 0.2) is 5.82 Å². The van der Waals surface area contributed by atoms with Crippen LogP contribution in [-0.4, -0.2) is 25.7 Å². The Morgan fingerprint density at radius 3 is 2.65 bits per heavy atom. The smallest absolute Gasteiger partial charge is 0.170 e. The number of hydrogen-bond acceptors (Lipinski definition) is 4. The summed E-state index contributed by atoms with van der Waals surface area (Å²) >= 11 is 0. The molecule has 0 atom stereocenters. The van der Waals surface area contributed by atoms with Crippen LogP contribution in [0.2, 0.25) is 0 Å². The van der Waals surface area contributed by atoms with Crippen molar-refractivity contribution in [3.63, 3.8) is 0 Å². The number of nitrogens with one attached hydrogen (secondary N) is 1. The highest BCUT2D eigenvalue weighted by atomic mass is 15.5. The first-order chi connectivity index (χ1) is 9.77. The summed E-state index contributed by atoms with van der Waals surface area (Å²) in [7, 11) is 0. The summed E-state index contributed by atoms with van der Waals surface area (Å²) in [6.07, 6.45) is 6.46. The molecule has 20 heavy (non-hydrogen) atoms. The Morgan fingerprint density at radius 1 is 1.15 bits per heavy atom. The molecule has 1 aromatic carbocycles. The number of benzene rings is 1. The summed E-state index contributed by atoms with van der Waals surface area (Å²) in [6.45, 7) is 3.02. The van der Waals surface area contributed by atoms with Gasteiger partial charge in [-0.05, 0) is 42.3 Å². The average Bonchev–Trinajstić information content (AvgIpc) is 2.95. The van der Waals surface area contributed by atoms with Crippen LogP contribution in [0.5, 0.6) is 0 Å². The van der Waals surface area contributed by atoms with Gasteiger partial charge < -0.3 is 5.32 Å². The zero-order valence-electron chi connectivity index (χ0n) is 11.9. The van der Waals surface area contributed by atoms with Gasteiger partial charge in [0.05, 0.1) is 12.2 Å². The Balaban J connectivity index is 1.71. The van der Waals surface area contributed by atoms with Crippen molar-refractivity contribution in [1.29, 1.82) is 0 Å². The Hall–Kier alpha value is -1.75. The number of tetrazole rings is 1. The topological polar surface area (TPSA) is 55.6 Å². The summed E-state index contributed by atoms with van der Waals surface area (Å²) in [5.74, 6) is 0.864. The van der Waals surface area contributed by atoms with E-state index in [1.165, 1.54) is 32.1 Å². The number of rotatable bonds is 4. The van der Waals surface area contributed by atoms with Crippen LogP contribution in [0.15, 0.2) is 30.3 Å². The summed E-state index contributed by atoms with van der Waals surface area (Å²) in [4.78, 5) is 0. The number of aromatic nitrogens is 4. The molecule has 3 rings (SSSR count). The molecule has 1 fully saturated rings. The van der Waals surface area contributed by atoms with Gasteiger partial charge in [-0.25, -0.2) is 0 Å². The SMILES string of the molecule is CC1(NCc2nnnn2-c2ccccc2)CCCCC1. The van der Waals surface area contributed by atoms with Crippen LogP contribution in [0.25, 0.3) is 5.69 Å². The normalized spacial score (nSPS) is 18.1. The van der Waals surface area contributed by atoms with E-state index in [1.807, 2.05) is 30.3 Å². The summed E-state index contributed by atoms with van der Waals surface area (Å²) in [5, 5.41) is 15.7. The standard InChI is InChI=1S/C15H21N5/c1-15(10-6-3-7-11-15)16-12-14-17-18-19-20(14)13-8-4-2-5-9-13/h2,4-5,8-9,16H,3,6-7,10-12H2,1H3. The Labute approximate surface area is 119 Å². The van der Waals surface area contributed by atoms with Crippen LogP contribution in [0, 0.1) is 0 Å². The predicted octanol–water partition coefficient (Wildman–Crippen LogP) is 2.47. The number of para-hydroxylation sites is 1.